The van der Waals surface area contributed by atoms with Gasteiger partial charge in [0.15, 0.2) is 12.2 Å². The zero-order valence-electron chi connectivity index (χ0n) is 13.1. The molecule has 0 radical (unpaired) electrons. The minimum absolute atomic E-state index is 0.164. The third-order valence-electron chi connectivity index (χ3n) is 2.84. The average molecular weight is 331 g/mol. The lowest BCUT2D eigenvalue weighted by Crippen LogP contribution is -2.38. The normalized spacial score (nSPS) is 10.7. The second kappa shape index (κ2) is 8.47. The van der Waals surface area contributed by atoms with Gasteiger partial charge in [0.05, 0.1) is 6.54 Å². The van der Waals surface area contributed by atoms with Gasteiger partial charge in [0.2, 0.25) is 11.8 Å². The Hall–Kier alpha value is -3.16. The molecule has 0 saturated heterocycles. The summed E-state index contributed by atoms with van der Waals surface area (Å²) in [6.07, 6.45) is 2.47. The number of hydrogen-bond donors (Lipinski definition) is 2. The van der Waals surface area contributed by atoms with Crippen LogP contribution in [-0.4, -0.2) is 42.5 Å². The summed E-state index contributed by atoms with van der Waals surface area (Å²) >= 11 is 0. The number of fused-ring (bicyclic) bond motifs is 1. The van der Waals surface area contributed by atoms with Crippen LogP contribution in [0.25, 0.3) is 17.2 Å². The second-order valence-electron chi connectivity index (χ2n) is 4.69. The summed E-state index contributed by atoms with van der Waals surface area (Å²) in [5.74, 6) is -1.34. The number of aromatic nitrogens is 1. The fraction of sp³-hybridized carbons (Fsp3) is 0.250. The Morgan fingerprint density at radius 3 is 2.75 bits per heavy atom. The Morgan fingerprint density at radius 1 is 1.21 bits per heavy atom. The van der Waals surface area contributed by atoms with E-state index in [9.17, 15) is 14.4 Å². The van der Waals surface area contributed by atoms with Crippen molar-refractivity contribution in [2.24, 2.45) is 0 Å². The van der Waals surface area contributed by atoms with E-state index in [1.165, 1.54) is 6.08 Å². The number of benzene rings is 1. The number of nitrogens with zero attached hydrogens (tertiary/aromatic N) is 1. The molecule has 0 aliphatic rings. The quantitative estimate of drug-likeness (QED) is 0.569. The Bertz CT molecular complexity index is 733. The highest BCUT2D eigenvalue weighted by Gasteiger charge is 2.07. The standard InChI is InChI=1S/C16H17N3O5/c1-2-17-13(20)9-18-14(21)10-23-16(22)8-7-15-19-11-5-3-4-6-12(11)24-15/h3-8H,2,9-10H2,1H3,(H,17,20)(H,18,21)/b8-7+. The van der Waals surface area contributed by atoms with Crippen LogP contribution in [0.1, 0.15) is 12.8 Å². The van der Waals surface area contributed by atoms with Crippen molar-refractivity contribution in [3.8, 4) is 0 Å². The average Bonchev–Trinajstić information content (AvgIpc) is 2.99. The van der Waals surface area contributed by atoms with Crippen molar-refractivity contribution < 1.29 is 23.5 Å². The molecule has 8 heteroatoms. The molecule has 1 heterocycles. The topological polar surface area (TPSA) is 111 Å². The van der Waals surface area contributed by atoms with Crippen LogP contribution in [0.5, 0.6) is 0 Å². The first-order chi connectivity index (χ1) is 11.6. The lowest BCUT2D eigenvalue weighted by Gasteiger charge is -2.05. The Morgan fingerprint density at radius 2 is 2.00 bits per heavy atom. The lowest BCUT2D eigenvalue weighted by atomic mass is 10.3. The summed E-state index contributed by atoms with van der Waals surface area (Å²) < 4.78 is 10.2. The highest BCUT2D eigenvalue weighted by Crippen LogP contribution is 2.15. The maximum Gasteiger partial charge on any atom is 0.331 e. The van der Waals surface area contributed by atoms with Gasteiger partial charge < -0.3 is 19.8 Å². The first-order valence-corrected chi connectivity index (χ1v) is 7.32. The lowest BCUT2D eigenvalue weighted by molar-refractivity contribution is -0.143. The van der Waals surface area contributed by atoms with Crippen LogP contribution >= 0.6 is 0 Å². The van der Waals surface area contributed by atoms with Crippen molar-refractivity contribution in [1.82, 2.24) is 15.6 Å². The number of likely N-dealkylation sites (N-methyl/N-ethyl adjacent to an activating group) is 1. The molecule has 2 amide bonds. The molecular formula is C16H17N3O5. The van der Waals surface area contributed by atoms with E-state index in [1.54, 1.807) is 19.1 Å². The van der Waals surface area contributed by atoms with Crippen molar-refractivity contribution in [2.75, 3.05) is 19.7 Å². The summed E-state index contributed by atoms with van der Waals surface area (Å²) in [7, 11) is 0. The van der Waals surface area contributed by atoms with Gasteiger partial charge in [-0.2, -0.15) is 0 Å². The zero-order valence-corrected chi connectivity index (χ0v) is 13.1. The van der Waals surface area contributed by atoms with Crippen molar-refractivity contribution in [3.05, 3.63) is 36.2 Å². The summed E-state index contributed by atoms with van der Waals surface area (Å²) in [6.45, 7) is 1.61. The van der Waals surface area contributed by atoms with E-state index in [-0.39, 0.29) is 18.3 Å². The first-order valence-electron chi connectivity index (χ1n) is 7.32. The SMILES string of the molecule is CCNC(=O)CNC(=O)COC(=O)/C=C/c1nc2ccccc2o1. The van der Waals surface area contributed by atoms with Crippen LogP contribution in [0.15, 0.2) is 34.8 Å². The summed E-state index contributed by atoms with van der Waals surface area (Å²) in [5.41, 5.74) is 1.28. The molecule has 1 aromatic heterocycles. The number of nitrogens with one attached hydrogen (secondary N) is 2. The molecule has 0 aliphatic carbocycles. The molecule has 0 atom stereocenters. The monoisotopic (exact) mass is 331 g/mol. The van der Waals surface area contributed by atoms with Crippen molar-refractivity contribution in [3.63, 3.8) is 0 Å². The number of carbonyl (C=O) groups is 3. The molecular weight excluding hydrogens is 314 g/mol. The summed E-state index contributed by atoms with van der Waals surface area (Å²) in [6, 6.07) is 7.19. The third kappa shape index (κ3) is 5.24. The molecule has 0 spiro atoms. The molecule has 8 nitrogen and oxygen atoms in total. The highest BCUT2D eigenvalue weighted by molar-refractivity contribution is 5.90. The van der Waals surface area contributed by atoms with Gasteiger partial charge in [0.1, 0.15) is 5.52 Å². The fourth-order valence-corrected chi connectivity index (χ4v) is 1.78. The maximum atomic E-state index is 11.5. The van der Waals surface area contributed by atoms with Crippen LogP contribution in [0.2, 0.25) is 0 Å². The predicted molar refractivity (Wildman–Crippen MR) is 85.7 cm³/mol. The summed E-state index contributed by atoms with van der Waals surface area (Å²) in [5, 5.41) is 4.86. The summed E-state index contributed by atoms with van der Waals surface area (Å²) in [4.78, 5) is 38.3. The number of esters is 1. The minimum Gasteiger partial charge on any atom is -0.452 e. The second-order valence-corrected chi connectivity index (χ2v) is 4.69. The third-order valence-corrected chi connectivity index (χ3v) is 2.84. The van der Waals surface area contributed by atoms with Gasteiger partial charge in [-0.15, -0.1) is 0 Å². The highest BCUT2D eigenvalue weighted by atomic mass is 16.5. The van der Waals surface area contributed by atoms with Gasteiger partial charge in [0.25, 0.3) is 5.91 Å². The van der Waals surface area contributed by atoms with Crippen LogP contribution in [0.4, 0.5) is 0 Å². The smallest absolute Gasteiger partial charge is 0.331 e. The zero-order chi connectivity index (χ0) is 17.4. The molecule has 24 heavy (non-hydrogen) atoms. The van der Waals surface area contributed by atoms with E-state index in [1.807, 2.05) is 12.1 Å². The maximum absolute atomic E-state index is 11.5. The number of amides is 2. The van der Waals surface area contributed by atoms with Gasteiger partial charge in [0, 0.05) is 18.7 Å². The number of ether oxygens (including phenoxy) is 1. The van der Waals surface area contributed by atoms with Crippen LogP contribution < -0.4 is 10.6 Å². The van der Waals surface area contributed by atoms with Crippen LogP contribution in [0, 0.1) is 0 Å². The largest absolute Gasteiger partial charge is 0.452 e. The number of rotatable bonds is 7. The molecule has 2 rings (SSSR count). The molecule has 0 unspecified atom stereocenters. The number of para-hydroxylation sites is 2. The Kier molecular flexibility index (Phi) is 6.07. The van der Waals surface area contributed by atoms with Crippen molar-refractivity contribution >= 4 is 35.0 Å². The van der Waals surface area contributed by atoms with E-state index >= 15 is 0 Å². The van der Waals surface area contributed by atoms with E-state index in [0.29, 0.717) is 17.6 Å². The molecule has 126 valence electrons. The first kappa shape index (κ1) is 17.2. The molecule has 2 N–H and O–H groups in total. The van der Waals surface area contributed by atoms with Crippen LogP contribution in [-0.2, 0) is 19.1 Å². The van der Waals surface area contributed by atoms with E-state index in [0.717, 1.165) is 6.08 Å². The van der Waals surface area contributed by atoms with E-state index < -0.39 is 18.5 Å². The molecule has 0 fully saturated rings. The fourth-order valence-electron chi connectivity index (χ4n) is 1.78. The number of oxazole rings is 1. The van der Waals surface area contributed by atoms with Gasteiger partial charge in [-0.1, -0.05) is 12.1 Å². The Labute approximate surface area is 137 Å². The van der Waals surface area contributed by atoms with E-state index in [4.69, 9.17) is 9.15 Å². The number of hydrogen-bond acceptors (Lipinski definition) is 6. The predicted octanol–water partition coefficient (Wildman–Crippen LogP) is 0.637. The molecule has 0 bridgehead atoms. The van der Waals surface area contributed by atoms with Gasteiger partial charge in [-0.25, -0.2) is 9.78 Å². The molecule has 0 aliphatic heterocycles. The molecule has 0 saturated carbocycles. The van der Waals surface area contributed by atoms with Crippen LogP contribution in [0.3, 0.4) is 0 Å². The van der Waals surface area contributed by atoms with Crippen molar-refractivity contribution in [2.45, 2.75) is 6.92 Å². The van der Waals surface area contributed by atoms with Gasteiger partial charge in [-0.05, 0) is 19.1 Å². The minimum atomic E-state index is -0.717. The number of carbonyl (C=O) groups excluding carboxylic acids is 3. The molecule has 1 aromatic carbocycles. The van der Waals surface area contributed by atoms with Gasteiger partial charge in [-0.3, -0.25) is 9.59 Å². The Balaban J connectivity index is 1.76. The van der Waals surface area contributed by atoms with Gasteiger partial charge >= 0.3 is 5.97 Å². The molecule has 2 aromatic rings. The van der Waals surface area contributed by atoms with Crippen molar-refractivity contribution in [1.29, 1.82) is 0 Å². The van der Waals surface area contributed by atoms with E-state index in [2.05, 4.69) is 15.6 Å².